The average molecular weight is 253 g/mol. The SMILES string of the molecule is CNC1CCN(C(=O)c2cc(C)cc(Cl)c2)C1. The lowest BCUT2D eigenvalue weighted by molar-refractivity contribution is 0.0789. The smallest absolute Gasteiger partial charge is 0.253 e. The fourth-order valence-electron chi connectivity index (χ4n) is 2.22. The van der Waals surface area contributed by atoms with Crippen LogP contribution in [0.1, 0.15) is 22.3 Å². The van der Waals surface area contributed by atoms with E-state index in [0.29, 0.717) is 16.6 Å². The summed E-state index contributed by atoms with van der Waals surface area (Å²) < 4.78 is 0. The summed E-state index contributed by atoms with van der Waals surface area (Å²) in [4.78, 5) is 14.1. The van der Waals surface area contributed by atoms with E-state index in [-0.39, 0.29) is 5.91 Å². The molecule has 1 atom stereocenters. The van der Waals surface area contributed by atoms with Crippen LogP contribution >= 0.6 is 11.6 Å². The van der Waals surface area contributed by atoms with E-state index in [4.69, 9.17) is 11.6 Å². The Morgan fingerprint density at radius 1 is 1.47 bits per heavy atom. The molecule has 1 heterocycles. The molecule has 0 aromatic heterocycles. The first-order valence-corrected chi connectivity index (χ1v) is 6.21. The number of carbonyl (C=O) groups is 1. The third-order valence-electron chi connectivity index (χ3n) is 3.17. The topological polar surface area (TPSA) is 32.3 Å². The monoisotopic (exact) mass is 252 g/mol. The van der Waals surface area contributed by atoms with Gasteiger partial charge in [0.05, 0.1) is 0 Å². The first-order chi connectivity index (χ1) is 8.10. The van der Waals surface area contributed by atoms with Crippen molar-refractivity contribution < 1.29 is 4.79 Å². The van der Waals surface area contributed by atoms with Crippen LogP contribution in [0.3, 0.4) is 0 Å². The maximum atomic E-state index is 12.3. The molecule has 0 bridgehead atoms. The Labute approximate surface area is 107 Å². The van der Waals surface area contributed by atoms with Crippen molar-refractivity contribution in [3.05, 3.63) is 34.3 Å². The van der Waals surface area contributed by atoms with E-state index in [1.54, 1.807) is 6.07 Å². The van der Waals surface area contributed by atoms with Gasteiger partial charge < -0.3 is 10.2 Å². The van der Waals surface area contributed by atoms with Crippen molar-refractivity contribution >= 4 is 17.5 Å². The molecule has 1 aliphatic rings. The number of likely N-dealkylation sites (N-methyl/N-ethyl adjacent to an activating group) is 1. The molecule has 0 spiro atoms. The maximum Gasteiger partial charge on any atom is 0.253 e. The first kappa shape index (κ1) is 12.4. The summed E-state index contributed by atoms with van der Waals surface area (Å²) in [5.41, 5.74) is 1.71. The number of rotatable bonds is 2. The maximum absolute atomic E-state index is 12.3. The Balaban J connectivity index is 2.14. The normalized spacial score (nSPS) is 19.7. The molecule has 1 aliphatic heterocycles. The molecule has 0 radical (unpaired) electrons. The molecule has 1 saturated heterocycles. The molecule has 3 nitrogen and oxygen atoms in total. The molecular formula is C13H17ClN2O. The average Bonchev–Trinajstić information content (AvgIpc) is 2.75. The number of hydrogen-bond donors (Lipinski definition) is 1. The predicted molar refractivity (Wildman–Crippen MR) is 69.6 cm³/mol. The third kappa shape index (κ3) is 2.79. The Morgan fingerprint density at radius 2 is 2.24 bits per heavy atom. The van der Waals surface area contributed by atoms with Crippen LogP contribution in [0.2, 0.25) is 5.02 Å². The number of likely N-dealkylation sites (tertiary alicyclic amines) is 1. The highest BCUT2D eigenvalue weighted by Gasteiger charge is 2.25. The zero-order valence-electron chi connectivity index (χ0n) is 10.2. The molecule has 1 aromatic carbocycles. The van der Waals surface area contributed by atoms with E-state index in [2.05, 4.69) is 5.32 Å². The summed E-state index contributed by atoms with van der Waals surface area (Å²) in [7, 11) is 1.93. The minimum absolute atomic E-state index is 0.0772. The molecule has 1 N–H and O–H groups in total. The number of halogens is 1. The van der Waals surface area contributed by atoms with Crippen LogP contribution in [0.4, 0.5) is 0 Å². The number of nitrogens with zero attached hydrogens (tertiary/aromatic N) is 1. The zero-order chi connectivity index (χ0) is 12.4. The summed E-state index contributed by atoms with van der Waals surface area (Å²) in [5.74, 6) is 0.0772. The van der Waals surface area contributed by atoms with Gasteiger partial charge in [-0.15, -0.1) is 0 Å². The lowest BCUT2D eigenvalue weighted by Crippen LogP contribution is -2.33. The molecule has 17 heavy (non-hydrogen) atoms. The second kappa shape index (κ2) is 5.07. The molecule has 4 heteroatoms. The molecule has 1 unspecified atom stereocenters. The fraction of sp³-hybridized carbons (Fsp3) is 0.462. The van der Waals surface area contributed by atoms with Gasteiger partial charge in [0.15, 0.2) is 0 Å². The van der Waals surface area contributed by atoms with Gasteiger partial charge >= 0.3 is 0 Å². The van der Waals surface area contributed by atoms with E-state index in [0.717, 1.165) is 25.1 Å². The van der Waals surface area contributed by atoms with Crippen molar-refractivity contribution in [1.82, 2.24) is 10.2 Å². The van der Waals surface area contributed by atoms with Crippen molar-refractivity contribution in [2.75, 3.05) is 20.1 Å². The van der Waals surface area contributed by atoms with Crippen LogP contribution in [0.5, 0.6) is 0 Å². The van der Waals surface area contributed by atoms with Crippen LogP contribution in [0.15, 0.2) is 18.2 Å². The Kier molecular flexibility index (Phi) is 3.69. The van der Waals surface area contributed by atoms with Crippen molar-refractivity contribution in [3.8, 4) is 0 Å². The summed E-state index contributed by atoms with van der Waals surface area (Å²) in [6.07, 6.45) is 1.02. The fourth-order valence-corrected chi connectivity index (χ4v) is 2.51. The highest BCUT2D eigenvalue weighted by molar-refractivity contribution is 6.31. The summed E-state index contributed by atoms with van der Waals surface area (Å²) >= 11 is 5.97. The van der Waals surface area contributed by atoms with Crippen LogP contribution in [0, 0.1) is 6.92 Å². The quantitative estimate of drug-likeness (QED) is 0.874. The zero-order valence-corrected chi connectivity index (χ0v) is 10.9. The molecule has 92 valence electrons. The van der Waals surface area contributed by atoms with Gasteiger partial charge in [0.1, 0.15) is 0 Å². The molecule has 2 rings (SSSR count). The summed E-state index contributed by atoms with van der Waals surface area (Å²) in [5, 5.41) is 3.83. The van der Waals surface area contributed by atoms with Crippen molar-refractivity contribution in [3.63, 3.8) is 0 Å². The van der Waals surface area contributed by atoms with E-state index < -0.39 is 0 Å². The van der Waals surface area contributed by atoms with Gasteiger partial charge in [-0.25, -0.2) is 0 Å². The minimum atomic E-state index is 0.0772. The number of benzene rings is 1. The van der Waals surface area contributed by atoms with E-state index >= 15 is 0 Å². The highest BCUT2D eigenvalue weighted by atomic mass is 35.5. The summed E-state index contributed by atoms with van der Waals surface area (Å²) in [6, 6.07) is 5.91. The van der Waals surface area contributed by atoms with Gasteiger partial charge in [-0.2, -0.15) is 0 Å². The van der Waals surface area contributed by atoms with Gasteiger partial charge in [-0.1, -0.05) is 11.6 Å². The van der Waals surface area contributed by atoms with Gasteiger partial charge in [0.2, 0.25) is 0 Å². The summed E-state index contributed by atoms with van der Waals surface area (Å²) in [6.45, 7) is 3.54. The second-order valence-electron chi connectivity index (χ2n) is 4.54. The van der Waals surface area contributed by atoms with Crippen molar-refractivity contribution in [1.29, 1.82) is 0 Å². The van der Waals surface area contributed by atoms with E-state index in [9.17, 15) is 4.79 Å². The van der Waals surface area contributed by atoms with Crippen LogP contribution in [0.25, 0.3) is 0 Å². The number of nitrogens with one attached hydrogen (secondary N) is 1. The molecule has 1 aromatic rings. The number of hydrogen-bond acceptors (Lipinski definition) is 2. The molecule has 1 amide bonds. The molecule has 0 saturated carbocycles. The number of amides is 1. The third-order valence-corrected chi connectivity index (χ3v) is 3.39. The predicted octanol–water partition coefficient (Wildman–Crippen LogP) is 2.08. The van der Waals surface area contributed by atoms with E-state index in [1.165, 1.54) is 0 Å². The molecule has 0 aliphatic carbocycles. The van der Waals surface area contributed by atoms with Crippen LogP contribution in [-0.4, -0.2) is 37.0 Å². The standard InChI is InChI=1S/C13H17ClN2O/c1-9-5-10(7-11(14)6-9)13(17)16-4-3-12(8-16)15-2/h5-7,12,15H,3-4,8H2,1-2H3. The minimum Gasteiger partial charge on any atom is -0.337 e. The largest absolute Gasteiger partial charge is 0.337 e. The lowest BCUT2D eigenvalue weighted by atomic mass is 10.1. The van der Waals surface area contributed by atoms with Crippen LogP contribution < -0.4 is 5.32 Å². The molecule has 1 fully saturated rings. The highest BCUT2D eigenvalue weighted by Crippen LogP contribution is 2.18. The Morgan fingerprint density at radius 3 is 2.82 bits per heavy atom. The van der Waals surface area contributed by atoms with Crippen LogP contribution in [-0.2, 0) is 0 Å². The van der Waals surface area contributed by atoms with Gasteiger partial charge in [0.25, 0.3) is 5.91 Å². The van der Waals surface area contributed by atoms with Crippen molar-refractivity contribution in [2.24, 2.45) is 0 Å². The molecular weight excluding hydrogens is 236 g/mol. The number of carbonyl (C=O) groups excluding carboxylic acids is 1. The first-order valence-electron chi connectivity index (χ1n) is 5.84. The van der Waals surface area contributed by atoms with Gasteiger partial charge in [-0.05, 0) is 44.2 Å². The van der Waals surface area contributed by atoms with Crippen molar-refractivity contribution in [2.45, 2.75) is 19.4 Å². The van der Waals surface area contributed by atoms with E-state index in [1.807, 2.05) is 31.0 Å². The number of aryl methyl sites for hydroxylation is 1. The Hall–Kier alpha value is -1.06. The van der Waals surface area contributed by atoms with Gasteiger partial charge in [0, 0.05) is 29.7 Å². The Bertz CT molecular complexity index is 413. The second-order valence-corrected chi connectivity index (χ2v) is 4.98. The van der Waals surface area contributed by atoms with Gasteiger partial charge in [-0.3, -0.25) is 4.79 Å². The lowest BCUT2D eigenvalue weighted by Gasteiger charge is -2.17.